The summed E-state index contributed by atoms with van der Waals surface area (Å²) in [6, 6.07) is 12.2. The van der Waals surface area contributed by atoms with Crippen LogP contribution in [0.2, 0.25) is 0 Å². The van der Waals surface area contributed by atoms with Crippen LogP contribution in [-0.2, 0) is 0 Å². The van der Waals surface area contributed by atoms with Crippen LogP contribution >= 0.6 is 0 Å². The largest absolute Gasteiger partial charge is 0.474 e. The summed E-state index contributed by atoms with van der Waals surface area (Å²) in [6.07, 6.45) is 11.7. The van der Waals surface area contributed by atoms with Crippen molar-refractivity contribution in [1.82, 2.24) is 30.2 Å². The standard InChI is InChI=1S/C19H26N6O.C5H5N/c1-25-10-2-3-16(25)14-4-5-17(21-12-14)24-18-11-19(23-13-22-18)26-15-6-8-20-9-7-15;1-2-4-6-5-3-1/h4-5,11-13,15-16,20H,2-3,6-10H2,1H3,(H,21,22,23,24);1-5H. The van der Waals surface area contributed by atoms with Crippen LogP contribution in [-0.4, -0.2) is 57.6 Å². The Morgan fingerprint density at radius 3 is 2.47 bits per heavy atom. The molecule has 0 amide bonds. The second-order valence-electron chi connectivity index (χ2n) is 8.07. The maximum atomic E-state index is 5.98. The molecule has 2 aliphatic heterocycles. The minimum Gasteiger partial charge on any atom is -0.474 e. The van der Waals surface area contributed by atoms with Crippen LogP contribution < -0.4 is 15.4 Å². The Hall–Kier alpha value is -3.10. The molecule has 8 nitrogen and oxygen atoms in total. The highest BCUT2D eigenvalue weighted by Gasteiger charge is 2.22. The van der Waals surface area contributed by atoms with Crippen LogP contribution in [0.15, 0.2) is 61.3 Å². The maximum Gasteiger partial charge on any atom is 0.218 e. The van der Waals surface area contributed by atoms with E-state index >= 15 is 0 Å². The van der Waals surface area contributed by atoms with Gasteiger partial charge in [0, 0.05) is 30.7 Å². The van der Waals surface area contributed by atoms with Crippen molar-refractivity contribution in [3.63, 3.8) is 0 Å². The van der Waals surface area contributed by atoms with Gasteiger partial charge in [0.05, 0.1) is 0 Å². The van der Waals surface area contributed by atoms with Gasteiger partial charge in [-0.3, -0.25) is 9.88 Å². The fourth-order valence-corrected chi connectivity index (χ4v) is 4.01. The monoisotopic (exact) mass is 433 g/mol. The molecule has 32 heavy (non-hydrogen) atoms. The summed E-state index contributed by atoms with van der Waals surface area (Å²) < 4.78 is 5.98. The third kappa shape index (κ3) is 6.45. The lowest BCUT2D eigenvalue weighted by Gasteiger charge is -2.23. The van der Waals surface area contributed by atoms with Gasteiger partial charge in [-0.15, -0.1) is 0 Å². The van der Waals surface area contributed by atoms with Gasteiger partial charge in [-0.05, 0) is 76.1 Å². The molecular weight excluding hydrogens is 402 g/mol. The van der Waals surface area contributed by atoms with Gasteiger partial charge < -0.3 is 15.4 Å². The number of ether oxygens (including phenoxy) is 1. The van der Waals surface area contributed by atoms with Crippen molar-refractivity contribution in [2.75, 3.05) is 32.0 Å². The Bertz CT molecular complexity index is 906. The highest BCUT2D eigenvalue weighted by Crippen LogP contribution is 2.30. The Morgan fingerprint density at radius 1 is 1.00 bits per heavy atom. The number of aromatic nitrogens is 4. The summed E-state index contributed by atoms with van der Waals surface area (Å²) in [4.78, 5) is 19.2. The number of likely N-dealkylation sites (tertiary alicyclic amines) is 1. The van der Waals surface area contributed by atoms with Crippen LogP contribution in [0.4, 0.5) is 11.6 Å². The molecule has 5 rings (SSSR count). The quantitative estimate of drug-likeness (QED) is 0.631. The van der Waals surface area contributed by atoms with E-state index < -0.39 is 0 Å². The van der Waals surface area contributed by atoms with Gasteiger partial charge in [0.1, 0.15) is 24.1 Å². The number of pyridine rings is 2. The molecule has 5 heterocycles. The molecule has 3 aromatic rings. The van der Waals surface area contributed by atoms with Crippen molar-refractivity contribution in [1.29, 1.82) is 0 Å². The van der Waals surface area contributed by atoms with E-state index in [9.17, 15) is 0 Å². The highest BCUT2D eigenvalue weighted by molar-refractivity contribution is 5.52. The molecule has 0 aromatic carbocycles. The zero-order valence-corrected chi connectivity index (χ0v) is 18.5. The molecule has 1 atom stereocenters. The van der Waals surface area contributed by atoms with Gasteiger partial charge in [0.15, 0.2) is 0 Å². The highest BCUT2D eigenvalue weighted by atomic mass is 16.5. The SMILES string of the molecule is CN1CCCC1c1ccc(Nc2cc(OC3CCNCC3)ncn2)nc1.c1ccncc1. The van der Waals surface area contributed by atoms with E-state index in [4.69, 9.17) is 4.74 Å². The maximum absolute atomic E-state index is 5.98. The number of rotatable bonds is 5. The van der Waals surface area contributed by atoms with Crippen molar-refractivity contribution in [2.45, 2.75) is 37.8 Å². The Labute approximate surface area is 189 Å². The third-order valence-electron chi connectivity index (χ3n) is 5.73. The minimum atomic E-state index is 0.222. The Kier molecular flexibility index (Phi) is 7.94. The van der Waals surface area contributed by atoms with Crippen LogP contribution in [0, 0.1) is 0 Å². The molecule has 2 N–H and O–H groups in total. The average molecular weight is 434 g/mol. The molecule has 2 aliphatic rings. The Balaban J connectivity index is 0.000000354. The molecule has 0 bridgehead atoms. The summed E-state index contributed by atoms with van der Waals surface area (Å²) in [6.45, 7) is 3.14. The molecule has 0 saturated carbocycles. The fourth-order valence-electron chi connectivity index (χ4n) is 4.01. The van der Waals surface area contributed by atoms with E-state index in [1.807, 2.05) is 36.5 Å². The Morgan fingerprint density at radius 2 is 1.84 bits per heavy atom. The lowest BCUT2D eigenvalue weighted by molar-refractivity contribution is 0.156. The average Bonchev–Trinajstić information content (AvgIpc) is 3.28. The van der Waals surface area contributed by atoms with Gasteiger partial charge >= 0.3 is 0 Å². The lowest BCUT2D eigenvalue weighted by Crippen LogP contribution is -2.34. The predicted molar refractivity (Wildman–Crippen MR) is 125 cm³/mol. The molecule has 0 spiro atoms. The van der Waals surface area contributed by atoms with E-state index in [-0.39, 0.29) is 6.10 Å². The molecular formula is C24H31N7O. The number of hydrogen-bond acceptors (Lipinski definition) is 8. The zero-order chi connectivity index (χ0) is 22.0. The van der Waals surface area contributed by atoms with Crippen molar-refractivity contribution < 1.29 is 4.74 Å². The van der Waals surface area contributed by atoms with Gasteiger partial charge in [-0.25, -0.2) is 15.0 Å². The normalized spacial score (nSPS) is 19.1. The lowest BCUT2D eigenvalue weighted by atomic mass is 10.1. The van der Waals surface area contributed by atoms with Gasteiger partial charge in [0.25, 0.3) is 0 Å². The molecule has 0 aliphatic carbocycles. The topological polar surface area (TPSA) is 88.1 Å². The van der Waals surface area contributed by atoms with Gasteiger partial charge in [-0.1, -0.05) is 12.1 Å². The summed E-state index contributed by atoms with van der Waals surface area (Å²) in [5, 5.41) is 6.58. The molecule has 168 valence electrons. The van der Waals surface area contributed by atoms with E-state index in [0.29, 0.717) is 17.7 Å². The van der Waals surface area contributed by atoms with Gasteiger partial charge in [0.2, 0.25) is 5.88 Å². The van der Waals surface area contributed by atoms with Gasteiger partial charge in [-0.2, -0.15) is 0 Å². The molecule has 8 heteroatoms. The smallest absolute Gasteiger partial charge is 0.218 e. The molecule has 3 aromatic heterocycles. The zero-order valence-electron chi connectivity index (χ0n) is 18.5. The molecule has 1 unspecified atom stereocenters. The van der Waals surface area contributed by atoms with E-state index in [1.165, 1.54) is 24.7 Å². The second-order valence-corrected chi connectivity index (χ2v) is 8.07. The van der Waals surface area contributed by atoms with Crippen LogP contribution in [0.3, 0.4) is 0 Å². The van der Waals surface area contributed by atoms with Crippen molar-refractivity contribution >= 4 is 11.6 Å². The summed E-state index contributed by atoms with van der Waals surface area (Å²) in [5.74, 6) is 2.08. The number of piperidine rings is 1. The van der Waals surface area contributed by atoms with Crippen LogP contribution in [0.1, 0.15) is 37.3 Å². The first-order valence-corrected chi connectivity index (χ1v) is 11.3. The van der Waals surface area contributed by atoms with Crippen molar-refractivity contribution in [3.05, 3.63) is 66.9 Å². The predicted octanol–water partition coefficient (Wildman–Crippen LogP) is 3.59. The van der Waals surface area contributed by atoms with E-state index in [0.717, 1.165) is 38.3 Å². The first kappa shape index (κ1) is 22.1. The molecule has 2 fully saturated rings. The van der Waals surface area contributed by atoms with Crippen LogP contribution in [0.5, 0.6) is 5.88 Å². The number of anilines is 2. The second kappa shape index (κ2) is 11.5. The summed E-state index contributed by atoms with van der Waals surface area (Å²) >= 11 is 0. The number of nitrogens with one attached hydrogen (secondary N) is 2. The van der Waals surface area contributed by atoms with E-state index in [1.54, 1.807) is 12.4 Å². The molecule has 0 radical (unpaired) electrons. The molecule has 2 saturated heterocycles. The van der Waals surface area contributed by atoms with E-state index in [2.05, 4.69) is 48.6 Å². The summed E-state index contributed by atoms with van der Waals surface area (Å²) in [5.41, 5.74) is 1.27. The van der Waals surface area contributed by atoms with Crippen molar-refractivity contribution in [2.24, 2.45) is 0 Å². The first-order chi connectivity index (χ1) is 15.8. The fraction of sp³-hybridized carbons (Fsp3) is 0.417. The number of nitrogens with zero attached hydrogens (tertiary/aromatic N) is 5. The third-order valence-corrected chi connectivity index (χ3v) is 5.73. The minimum absolute atomic E-state index is 0.222. The van der Waals surface area contributed by atoms with Crippen LogP contribution in [0.25, 0.3) is 0 Å². The number of hydrogen-bond donors (Lipinski definition) is 2. The van der Waals surface area contributed by atoms with Crippen molar-refractivity contribution in [3.8, 4) is 5.88 Å². The summed E-state index contributed by atoms with van der Waals surface area (Å²) in [7, 11) is 2.18. The first-order valence-electron chi connectivity index (χ1n) is 11.3.